The van der Waals surface area contributed by atoms with E-state index < -0.39 is 11.8 Å². The fraction of sp³-hybridized carbons (Fsp3) is 0.0833. The average molecular weight is 271 g/mol. The Morgan fingerprint density at radius 3 is 2.89 bits per heavy atom. The maximum Gasteiger partial charge on any atom is 0.372 e. The predicted octanol–water partition coefficient (Wildman–Crippen LogP) is 3.35. The first-order valence-electron chi connectivity index (χ1n) is 4.96. The maximum atomic E-state index is 13.4. The predicted molar refractivity (Wildman–Crippen MR) is 61.4 cm³/mol. The van der Waals surface area contributed by atoms with Crippen LogP contribution in [-0.4, -0.2) is 11.1 Å². The molecule has 0 amide bonds. The Hall–Kier alpha value is -2.01. The van der Waals surface area contributed by atoms with Gasteiger partial charge in [-0.3, -0.25) is 0 Å². The summed E-state index contributed by atoms with van der Waals surface area (Å²) in [5.41, 5.74) is 0.307. The highest BCUT2D eigenvalue weighted by Gasteiger charge is 2.16. The van der Waals surface area contributed by atoms with E-state index in [1.54, 1.807) is 0 Å². The van der Waals surface area contributed by atoms with E-state index in [0.717, 1.165) is 0 Å². The highest BCUT2D eigenvalue weighted by molar-refractivity contribution is 6.32. The quantitative estimate of drug-likeness (QED) is 0.925. The number of hydrogen-bond donors (Lipinski definition) is 1. The van der Waals surface area contributed by atoms with Gasteiger partial charge in [0.25, 0.3) is 0 Å². The van der Waals surface area contributed by atoms with Crippen LogP contribution in [0.4, 0.5) is 4.39 Å². The van der Waals surface area contributed by atoms with Crippen LogP contribution in [0, 0.1) is 5.82 Å². The number of ether oxygens (including phenoxy) is 1. The lowest BCUT2D eigenvalue weighted by molar-refractivity contribution is 0.0658. The van der Waals surface area contributed by atoms with Crippen molar-refractivity contribution < 1.29 is 23.4 Å². The number of rotatable bonds is 4. The topological polar surface area (TPSA) is 59.7 Å². The van der Waals surface area contributed by atoms with Gasteiger partial charge in [0.15, 0.2) is 11.6 Å². The molecule has 18 heavy (non-hydrogen) atoms. The van der Waals surface area contributed by atoms with E-state index in [1.807, 2.05) is 0 Å². The molecule has 4 nitrogen and oxygen atoms in total. The minimum absolute atomic E-state index is 0.114. The smallest absolute Gasteiger partial charge is 0.372 e. The van der Waals surface area contributed by atoms with Gasteiger partial charge in [0.05, 0.1) is 11.3 Å². The minimum atomic E-state index is -1.21. The summed E-state index contributed by atoms with van der Waals surface area (Å²) >= 11 is 5.77. The lowest BCUT2D eigenvalue weighted by Crippen LogP contribution is -2.03. The Morgan fingerprint density at radius 1 is 1.44 bits per heavy atom. The van der Waals surface area contributed by atoms with Crippen LogP contribution in [0.5, 0.6) is 5.75 Å². The molecule has 0 atom stereocenters. The number of aromatic carboxylic acids is 1. The van der Waals surface area contributed by atoms with Crippen LogP contribution in [0.25, 0.3) is 0 Å². The fourth-order valence-corrected chi connectivity index (χ4v) is 1.62. The highest BCUT2D eigenvalue weighted by atomic mass is 35.5. The second kappa shape index (κ2) is 5.10. The third-order valence-electron chi connectivity index (χ3n) is 2.23. The van der Waals surface area contributed by atoms with Crippen molar-refractivity contribution in [1.29, 1.82) is 0 Å². The highest BCUT2D eigenvalue weighted by Crippen LogP contribution is 2.28. The van der Waals surface area contributed by atoms with E-state index >= 15 is 0 Å². The Morgan fingerprint density at radius 2 is 2.22 bits per heavy atom. The molecule has 0 saturated carbocycles. The number of para-hydroxylation sites is 1. The molecule has 6 heteroatoms. The van der Waals surface area contributed by atoms with Gasteiger partial charge in [-0.2, -0.15) is 0 Å². The lowest BCUT2D eigenvalue weighted by Gasteiger charge is -2.08. The van der Waals surface area contributed by atoms with Crippen LogP contribution in [0.15, 0.2) is 34.9 Å². The number of furan rings is 1. The van der Waals surface area contributed by atoms with Crippen LogP contribution in [0.2, 0.25) is 5.02 Å². The minimum Gasteiger partial charge on any atom is -0.484 e. The Labute approximate surface area is 107 Å². The molecule has 1 aromatic heterocycles. The van der Waals surface area contributed by atoms with Gasteiger partial charge in [-0.1, -0.05) is 17.7 Å². The lowest BCUT2D eigenvalue weighted by atomic mass is 10.2. The second-order valence-corrected chi connectivity index (χ2v) is 3.83. The molecule has 0 radical (unpaired) electrons. The molecule has 0 aliphatic rings. The summed E-state index contributed by atoms with van der Waals surface area (Å²) in [5.74, 6) is -2.17. The maximum absolute atomic E-state index is 13.4. The molecular weight excluding hydrogens is 263 g/mol. The standard InChI is InChI=1S/C12H8ClFO4/c13-8-2-1-3-9(14)11(8)18-6-7-4-5-17-10(7)12(15)16/h1-5H,6H2,(H,15,16). The van der Waals surface area contributed by atoms with Gasteiger partial charge in [0.1, 0.15) is 6.61 Å². The molecule has 2 aromatic rings. The van der Waals surface area contributed by atoms with Crippen molar-refractivity contribution in [2.24, 2.45) is 0 Å². The molecule has 0 spiro atoms. The Bertz CT molecular complexity index is 559. The molecule has 94 valence electrons. The summed E-state index contributed by atoms with van der Waals surface area (Å²) in [5, 5.41) is 8.93. The number of carbonyl (C=O) groups is 1. The zero-order valence-electron chi connectivity index (χ0n) is 9.02. The summed E-state index contributed by atoms with van der Waals surface area (Å²) in [6.07, 6.45) is 1.23. The van der Waals surface area contributed by atoms with Gasteiger partial charge >= 0.3 is 5.97 Å². The van der Waals surface area contributed by atoms with Crippen LogP contribution < -0.4 is 4.74 Å². The monoisotopic (exact) mass is 270 g/mol. The van der Waals surface area contributed by atoms with Gasteiger partial charge < -0.3 is 14.3 Å². The van der Waals surface area contributed by atoms with Crippen molar-refractivity contribution in [3.05, 3.63) is 52.7 Å². The second-order valence-electron chi connectivity index (χ2n) is 3.42. The van der Waals surface area contributed by atoms with E-state index in [0.29, 0.717) is 5.56 Å². The van der Waals surface area contributed by atoms with E-state index in [9.17, 15) is 9.18 Å². The molecule has 0 saturated heterocycles. The summed E-state index contributed by atoms with van der Waals surface area (Å²) in [6, 6.07) is 5.57. The van der Waals surface area contributed by atoms with E-state index in [-0.39, 0.29) is 23.1 Å². The van der Waals surface area contributed by atoms with Crippen LogP contribution in [0.1, 0.15) is 16.1 Å². The number of benzene rings is 1. The van der Waals surface area contributed by atoms with E-state index in [4.69, 9.17) is 25.9 Å². The van der Waals surface area contributed by atoms with Gasteiger partial charge in [-0.05, 0) is 18.2 Å². The fourth-order valence-electron chi connectivity index (χ4n) is 1.41. The summed E-state index contributed by atoms with van der Waals surface area (Å²) < 4.78 is 23.3. The van der Waals surface area contributed by atoms with Gasteiger partial charge in [0, 0.05) is 5.56 Å². The molecule has 0 fully saturated rings. The summed E-state index contributed by atoms with van der Waals surface area (Å²) in [6.45, 7) is -0.140. The molecule has 2 rings (SSSR count). The number of hydrogen-bond acceptors (Lipinski definition) is 3. The molecular formula is C12H8ClFO4. The van der Waals surface area contributed by atoms with Crippen molar-refractivity contribution >= 4 is 17.6 Å². The zero-order chi connectivity index (χ0) is 13.1. The SMILES string of the molecule is O=C(O)c1occc1COc1c(F)cccc1Cl. The van der Waals surface area contributed by atoms with Crippen molar-refractivity contribution in [2.45, 2.75) is 6.61 Å². The van der Waals surface area contributed by atoms with E-state index in [1.165, 1.54) is 30.5 Å². The number of carboxylic acids is 1. The van der Waals surface area contributed by atoms with Gasteiger partial charge in [0.2, 0.25) is 5.76 Å². The van der Waals surface area contributed by atoms with Gasteiger partial charge in [-0.25, -0.2) is 9.18 Å². The Balaban J connectivity index is 2.17. The molecule has 1 heterocycles. The molecule has 0 aliphatic heterocycles. The van der Waals surface area contributed by atoms with Crippen molar-refractivity contribution in [2.75, 3.05) is 0 Å². The zero-order valence-corrected chi connectivity index (χ0v) is 9.78. The first kappa shape index (κ1) is 12.4. The third-order valence-corrected chi connectivity index (χ3v) is 2.53. The van der Waals surface area contributed by atoms with Crippen molar-refractivity contribution in [1.82, 2.24) is 0 Å². The van der Waals surface area contributed by atoms with Gasteiger partial charge in [-0.15, -0.1) is 0 Å². The summed E-state index contributed by atoms with van der Waals surface area (Å²) in [7, 11) is 0. The van der Waals surface area contributed by atoms with E-state index in [2.05, 4.69) is 0 Å². The first-order valence-corrected chi connectivity index (χ1v) is 5.34. The number of halogens is 2. The molecule has 0 bridgehead atoms. The van der Waals surface area contributed by atoms with Crippen LogP contribution in [-0.2, 0) is 6.61 Å². The largest absolute Gasteiger partial charge is 0.484 e. The van der Waals surface area contributed by atoms with Crippen LogP contribution in [0.3, 0.4) is 0 Å². The van der Waals surface area contributed by atoms with Crippen LogP contribution >= 0.6 is 11.6 Å². The normalized spacial score (nSPS) is 10.3. The molecule has 0 unspecified atom stereocenters. The first-order chi connectivity index (χ1) is 8.59. The number of carboxylic acid groups (broad SMARTS) is 1. The third kappa shape index (κ3) is 2.46. The molecule has 1 aromatic carbocycles. The van der Waals surface area contributed by atoms with Crippen molar-refractivity contribution in [3.8, 4) is 5.75 Å². The molecule has 1 N–H and O–H groups in total. The summed E-state index contributed by atoms with van der Waals surface area (Å²) in [4.78, 5) is 10.8. The van der Waals surface area contributed by atoms with Crippen molar-refractivity contribution in [3.63, 3.8) is 0 Å². The molecule has 0 aliphatic carbocycles. The Kier molecular flexibility index (Phi) is 3.53. The average Bonchev–Trinajstić information content (AvgIpc) is 2.76.